The lowest BCUT2D eigenvalue weighted by Gasteiger charge is -2.04. The molecule has 1 aromatic carbocycles. The van der Waals surface area contributed by atoms with E-state index < -0.39 is 11.9 Å². The zero-order valence-corrected chi connectivity index (χ0v) is 8.80. The number of esters is 1. The summed E-state index contributed by atoms with van der Waals surface area (Å²) in [4.78, 5) is 22.1. The summed E-state index contributed by atoms with van der Waals surface area (Å²) in [5.74, 6) is -1.63. The Labute approximate surface area is 92.6 Å². The van der Waals surface area contributed by atoms with Gasteiger partial charge < -0.3 is 14.6 Å². The highest BCUT2D eigenvalue weighted by Crippen LogP contribution is 2.06. The first-order valence-corrected chi connectivity index (χ1v) is 4.64. The van der Waals surface area contributed by atoms with E-state index in [4.69, 9.17) is 14.6 Å². The molecule has 86 valence electrons. The van der Waals surface area contributed by atoms with Gasteiger partial charge in [0.1, 0.15) is 6.61 Å². The third-order valence-electron chi connectivity index (χ3n) is 1.87. The minimum atomic E-state index is -1.08. The van der Waals surface area contributed by atoms with Crippen molar-refractivity contribution in [1.82, 2.24) is 0 Å². The summed E-state index contributed by atoms with van der Waals surface area (Å²) in [7, 11) is 1.50. The van der Waals surface area contributed by atoms with E-state index >= 15 is 0 Å². The predicted molar refractivity (Wildman–Crippen MR) is 55.6 cm³/mol. The molecule has 1 aromatic rings. The van der Waals surface area contributed by atoms with Gasteiger partial charge in [-0.25, -0.2) is 9.59 Å². The summed E-state index contributed by atoms with van der Waals surface area (Å²) >= 11 is 0. The maximum Gasteiger partial charge on any atom is 0.338 e. The average Bonchev–Trinajstić information content (AvgIpc) is 2.29. The highest BCUT2D eigenvalue weighted by Gasteiger charge is 2.10. The Hall–Kier alpha value is -1.88. The summed E-state index contributed by atoms with van der Waals surface area (Å²) in [6.07, 6.45) is 0. The standard InChI is InChI=1S/C11H12O5/c1-15-5-6-16-11(14)9-4-2-3-8(7-9)10(12)13/h2-4,7H,5-6H2,1H3,(H,12,13). The summed E-state index contributed by atoms with van der Waals surface area (Å²) < 4.78 is 9.57. The second-order valence-electron chi connectivity index (χ2n) is 3.01. The number of carbonyl (C=O) groups excluding carboxylic acids is 1. The van der Waals surface area contributed by atoms with Crippen LogP contribution >= 0.6 is 0 Å². The van der Waals surface area contributed by atoms with Crippen LogP contribution in [0.15, 0.2) is 24.3 Å². The third-order valence-corrected chi connectivity index (χ3v) is 1.87. The number of hydrogen-bond donors (Lipinski definition) is 1. The Morgan fingerprint density at radius 2 is 1.94 bits per heavy atom. The Morgan fingerprint density at radius 3 is 2.56 bits per heavy atom. The molecule has 0 saturated carbocycles. The van der Waals surface area contributed by atoms with Gasteiger partial charge in [0.25, 0.3) is 0 Å². The molecule has 1 rings (SSSR count). The van der Waals surface area contributed by atoms with Crippen molar-refractivity contribution in [2.45, 2.75) is 0 Å². The van der Waals surface area contributed by atoms with Crippen molar-refractivity contribution < 1.29 is 24.2 Å². The molecule has 5 heteroatoms. The number of carboxylic acids is 1. The molecular formula is C11H12O5. The van der Waals surface area contributed by atoms with Crippen LogP contribution in [0.4, 0.5) is 0 Å². The topological polar surface area (TPSA) is 72.8 Å². The van der Waals surface area contributed by atoms with E-state index in [9.17, 15) is 9.59 Å². The largest absolute Gasteiger partial charge is 0.478 e. The molecule has 0 aromatic heterocycles. The van der Waals surface area contributed by atoms with Crippen LogP contribution in [-0.2, 0) is 9.47 Å². The van der Waals surface area contributed by atoms with Gasteiger partial charge >= 0.3 is 11.9 Å². The molecule has 0 aliphatic heterocycles. The normalized spacial score (nSPS) is 9.81. The second-order valence-corrected chi connectivity index (χ2v) is 3.01. The van der Waals surface area contributed by atoms with Gasteiger partial charge in [0.15, 0.2) is 0 Å². The van der Waals surface area contributed by atoms with Gasteiger partial charge in [0, 0.05) is 7.11 Å². The zero-order chi connectivity index (χ0) is 12.0. The van der Waals surface area contributed by atoms with E-state index in [-0.39, 0.29) is 17.7 Å². The monoisotopic (exact) mass is 224 g/mol. The summed E-state index contributed by atoms with van der Waals surface area (Å²) in [5.41, 5.74) is 0.275. The van der Waals surface area contributed by atoms with Crippen molar-refractivity contribution in [2.24, 2.45) is 0 Å². The molecule has 0 bridgehead atoms. The van der Waals surface area contributed by atoms with E-state index in [0.29, 0.717) is 6.61 Å². The summed E-state index contributed by atoms with van der Waals surface area (Å²) in [6.45, 7) is 0.455. The smallest absolute Gasteiger partial charge is 0.338 e. The van der Waals surface area contributed by atoms with Gasteiger partial charge in [0.05, 0.1) is 17.7 Å². The average molecular weight is 224 g/mol. The number of carbonyl (C=O) groups is 2. The molecule has 16 heavy (non-hydrogen) atoms. The van der Waals surface area contributed by atoms with Crippen LogP contribution in [0.1, 0.15) is 20.7 Å². The number of aromatic carboxylic acids is 1. The maximum atomic E-state index is 11.4. The van der Waals surface area contributed by atoms with Gasteiger partial charge in [-0.2, -0.15) is 0 Å². The van der Waals surface area contributed by atoms with Gasteiger partial charge in [-0.1, -0.05) is 6.07 Å². The fourth-order valence-electron chi connectivity index (χ4n) is 1.08. The Kier molecular flexibility index (Phi) is 4.47. The number of methoxy groups -OCH3 is 1. The van der Waals surface area contributed by atoms with Crippen molar-refractivity contribution in [3.8, 4) is 0 Å². The molecule has 0 saturated heterocycles. The van der Waals surface area contributed by atoms with Crippen molar-refractivity contribution in [3.05, 3.63) is 35.4 Å². The summed E-state index contributed by atoms with van der Waals surface area (Å²) in [5, 5.41) is 8.73. The number of rotatable bonds is 5. The first kappa shape index (κ1) is 12.2. The highest BCUT2D eigenvalue weighted by atomic mass is 16.6. The maximum absolute atomic E-state index is 11.4. The first-order chi connectivity index (χ1) is 7.65. The fourth-order valence-corrected chi connectivity index (χ4v) is 1.08. The molecule has 0 aliphatic carbocycles. The Balaban J connectivity index is 2.68. The van der Waals surface area contributed by atoms with Gasteiger partial charge in [-0.15, -0.1) is 0 Å². The van der Waals surface area contributed by atoms with E-state index in [1.807, 2.05) is 0 Å². The van der Waals surface area contributed by atoms with E-state index in [1.54, 1.807) is 0 Å². The lowest BCUT2D eigenvalue weighted by atomic mass is 10.1. The number of ether oxygens (including phenoxy) is 2. The molecule has 0 unspecified atom stereocenters. The van der Waals surface area contributed by atoms with Crippen LogP contribution in [0.5, 0.6) is 0 Å². The van der Waals surface area contributed by atoms with Gasteiger partial charge in [-0.3, -0.25) is 0 Å². The molecule has 0 amide bonds. The van der Waals surface area contributed by atoms with Crippen molar-refractivity contribution in [1.29, 1.82) is 0 Å². The minimum absolute atomic E-state index is 0.0567. The first-order valence-electron chi connectivity index (χ1n) is 4.64. The van der Waals surface area contributed by atoms with E-state index in [2.05, 4.69) is 0 Å². The van der Waals surface area contributed by atoms with Crippen LogP contribution in [-0.4, -0.2) is 37.4 Å². The van der Waals surface area contributed by atoms with Crippen molar-refractivity contribution >= 4 is 11.9 Å². The third kappa shape index (κ3) is 3.36. The number of hydrogen-bond acceptors (Lipinski definition) is 4. The zero-order valence-electron chi connectivity index (χ0n) is 8.80. The lowest BCUT2D eigenvalue weighted by Crippen LogP contribution is -2.10. The van der Waals surface area contributed by atoms with Gasteiger partial charge in [0.2, 0.25) is 0 Å². The number of benzene rings is 1. The van der Waals surface area contributed by atoms with Crippen LogP contribution in [0.3, 0.4) is 0 Å². The molecule has 0 spiro atoms. The summed E-state index contributed by atoms with van der Waals surface area (Å²) in [6, 6.07) is 5.68. The van der Waals surface area contributed by atoms with Crippen LogP contribution in [0.25, 0.3) is 0 Å². The van der Waals surface area contributed by atoms with Gasteiger partial charge in [-0.05, 0) is 18.2 Å². The fraction of sp³-hybridized carbons (Fsp3) is 0.273. The number of carboxylic acid groups (broad SMARTS) is 1. The SMILES string of the molecule is COCCOC(=O)c1cccc(C(=O)O)c1. The molecule has 0 fully saturated rings. The lowest BCUT2D eigenvalue weighted by molar-refractivity contribution is 0.0388. The van der Waals surface area contributed by atoms with Crippen LogP contribution < -0.4 is 0 Å². The molecular weight excluding hydrogens is 212 g/mol. The predicted octanol–water partition coefficient (Wildman–Crippen LogP) is 1.19. The minimum Gasteiger partial charge on any atom is -0.478 e. The Morgan fingerprint density at radius 1 is 1.25 bits per heavy atom. The van der Waals surface area contributed by atoms with E-state index in [0.717, 1.165) is 0 Å². The van der Waals surface area contributed by atoms with Crippen LogP contribution in [0.2, 0.25) is 0 Å². The van der Waals surface area contributed by atoms with Crippen LogP contribution in [0, 0.1) is 0 Å². The van der Waals surface area contributed by atoms with Crippen molar-refractivity contribution in [3.63, 3.8) is 0 Å². The second kappa shape index (κ2) is 5.87. The molecule has 0 aliphatic rings. The molecule has 0 heterocycles. The molecule has 5 nitrogen and oxygen atoms in total. The molecule has 1 N–H and O–H groups in total. The molecule has 0 radical (unpaired) electrons. The van der Waals surface area contributed by atoms with Crippen molar-refractivity contribution in [2.75, 3.05) is 20.3 Å². The quantitative estimate of drug-likeness (QED) is 0.600. The molecule has 0 atom stereocenters. The highest BCUT2D eigenvalue weighted by molar-refractivity contribution is 5.94. The Bertz CT molecular complexity index is 386. The van der Waals surface area contributed by atoms with E-state index in [1.165, 1.54) is 31.4 Å².